The van der Waals surface area contributed by atoms with Crippen LogP contribution in [0.2, 0.25) is 0 Å². The van der Waals surface area contributed by atoms with Gasteiger partial charge in [0.05, 0.1) is 6.26 Å². The van der Waals surface area contributed by atoms with Gasteiger partial charge < -0.3 is 4.74 Å². The van der Waals surface area contributed by atoms with Gasteiger partial charge in [-0.1, -0.05) is 322 Å². The van der Waals surface area contributed by atoms with E-state index in [1.165, 1.54) is 308 Å². The molecule has 0 saturated heterocycles. The van der Waals surface area contributed by atoms with E-state index >= 15 is 0 Å². The predicted molar refractivity (Wildman–Crippen MR) is 253 cm³/mol. The van der Waals surface area contributed by atoms with Crippen LogP contribution in [0.25, 0.3) is 0 Å². The molecule has 334 valence electrons. The molecule has 0 fully saturated rings. The first-order valence-corrected chi connectivity index (χ1v) is 26.6. The minimum atomic E-state index is -0.141. The molecule has 0 rings (SSSR count). The molecule has 0 spiro atoms. The third kappa shape index (κ3) is 51.2. The molecule has 56 heavy (non-hydrogen) atoms. The van der Waals surface area contributed by atoms with Crippen molar-refractivity contribution in [1.82, 2.24) is 0 Å². The van der Waals surface area contributed by atoms with E-state index < -0.39 is 0 Å². The van der Waals surface area contributed by atoms with Gasteiger partial charge in [-0.25, -0.2) is 0 Å². The van der Waals surface area contributed by atoms with Crippen LogP contribution in [0.5, 0.6) is 0 Å². The molecule has 0 aromatic carbocycles. The third-order valence-electron chi connectivity index (χ3n) is 12.7. The second-order valence-electron chi connectivity index (χ2n) is 18.4. The second kappa shape index (κ2) is 52.2. The maximum Gasteiger partial charge on any atom is 0.310 e. The lowest BCUT2D eigenvalue weighted by Crippen LogP contribution is -1.98. The Balaban J connectivity index is 3.07. The van der Waals surface area contributed by atoms with Gasteiger partial charge in [-0.05, 0) is 6.42 Å². The first-order chi connectivity index (χ1) is 27.8. The number of hydrogen-bond acceptors (Lipinski definition) is 2. The number of carbonyl (C=O) groups is 1. The number of ether oxygens (including phenoxy) is 1. The standard InChI is InChI=1S/C54H106O2/c1-3-5-6-7-8-9-10-11-12-13-14-15-16-17-18-19-20-21-22-23-24-25-26-27-28-29-30-31-32-33-34-35-36-37-38-39-40-41-42-43-44-45-46-47-48-49-50-51-52-53-54(55)56-4-2/h4H,2-3,5-53H2,1H3. The van der Waals surface area contributed by atoms with Crippen LogP contribution in [0.4, 0.5) is 0 Å². The molecule has 0 aromatic heterocycles. The van der Waals surface area contributed by atoms with Crippen LogP contribution >= 0.6 is 0 Å². The summed E-state index contributed by atoms with van der Waals surface area (Å²) in [7, 11) is 0. The molecule has 0 N–H and O–H groups in total. The van der Waals surface area contributed by atoms with Crippen molar-refractivity contribution in [2.45, 2.75) is 328 Å². The topological polar surface area (TPSA) is 26.3 Å². The van der Waals surface area contributed by atoms with Crippen molar-refractivity contribution in [3.05, 3.63) is 12.8 Å². The minimum absolute atomic E-state index is 0.141. The zero-order valence-corrected chi connectivity index (χ0v) is 39.0. The monoisotopic (exact) mass is 787 g/mol. The van der Waals surface area contributed by atoms with Crippen LogP contribution in [0, 0.1) is 0 Å². The first-order valence-electron chi connectivity index (χ1n) is 26.6. The van der Waals surface area contributed by atoms with Crippen LogP contribution in [0.1, 0.15) is 328 Å². The summed E-state index contributed by atoms with van der Waals surface area (Å²) in [6, 6.07) is 0. The van der Waals surface area contributed by atoms with Gasteiger partial charge in [0.15, 0.2) is 0 Å². The zero-order chi connectivity index (χ0) is 40.3. The molecule has 0 aromatic rings. The minimum Gasteiger partial charge on any atom is -0.435 e. The molecular weight excluding hydrogens is 681 g/mol. The summed E-state index contributed by atoms with van der Waals surface area (Å²) < 4.78 is 4.75. The summed E-state index contributed by atoms with van der Waals surface area (Å²) in [5.41, 5.74) is 0. The van der Waals surface area contributed by atoms with Crippen LogP contribution in [-0.2, 0) is 9.53 Å². The average Bonchev–Trinajstić information content (AvgIpc) is 3.20. The highest BCUT2D eigenvalue weighted by atomic mass is 16.5. The number of hydrogen-bond donors (Lipinski definition) is 0. The van der Waals surface area contributed by atoms with Crippen LogP contribution in [0.15, 0.2) is 12.8 Å². The highest BCUT2D eigenvalue weighted by Crippen LogP contribution is 2.19. The van der Waals surface area contributed by atoms with Gasteiger partial charge in [0.1, 0.15) is 0 Å². The Hall–Kier alpha value is -0.790. The number of unbranched alkanes of at least 4 members (excludes halogenated alkanes) is 48. The van der Waals surface area contributed by atoms with E-state index in [1.54, 1.807) is 0 Å². The Morgan fingerprint density at radius 3 is 0.571 bits per heavy atom. The van der Waals surface area contributed by atoms with Crippen molar-refractivity contribution in [3.8, 4) is 0 Å². The molecule has 0 unspecified atom stereocenters. The molecule has 0 atom stereocenters. The predicted octanol–water partition coefficient (Wildman–Crippen LogP) is 20.2. The molecule has 0 aliphatic carbocycles. The van der Waals surface area contributed by atoms with E-state index in [-0.39, 0.29) is 5.97 Å². The van der Waals surface area contributed by atoms with Crippen molar-refractivity contribution in [2.24, 2.45) is 0 Å². The van der Waals surface area contributed by atoms with E-state index in [4.69, 9.17) is 4.74 Å². The highest BCUT2D eigenvalue weighted by Gasteiger charge is 2.01. The number of carbonyl (C=O) groups excluding carboxylic acids is 1. The van der Waals surface area contributed by atoms with Gasteiger partial charge in [0.2, 0.25) is 0 Å². The Bertz CT molecular complexity index is 715. The van der Waals surface area contributed by atoms with Gasteiger partial charge in [-0.2, -0.15) is 0 Å². The molecule has 0 aliphatic heterocycles. The summed E-state index contributed by atoms with van der Waals surface area (Å²) in [5, 5.41) is 0. The largest absolute Gasteiger partial charge is 0.435 e. The highest BCUT2D eigenvalue weighted by molar-refractivity contribution is 5.69. The maximum atomic E-state index is 11.3. The Morgan fingerprint density at radius 1 is 0.286 bits per heavy atom. The van der Waals surface area contributed by atoms with Crippen molar-refractivity contribution >= 4 is 5.97 Å². The zero-order valence-electron chi connectivity index (χ0n) is 39.0. The van der Waals surface area contributed by atoms with Gasteiger partial charge in [-0.15, -0.1) is 0 Å². The summed E-state index contributed by atoms with van der Waals surface area (Å²) in [6.45, 7) is 5.73. The Kier molecular flexibility index (Phi) is 51.5. The van der Waals surface area contributed by atoms with Crippen LogP contribution < -0.4 is 0 Å². The smallest absolute Gasteiger partial charge is 0.310 e. The second-order valence-corrected chi connectivity index (χ2v) is 18.4. The van der Waals surface area contributed by atoms with Gasteiger partial charge in [0, 0.05) is 6.42 Å². The quantitative estimate of drug-likeness (QED) is 0.0349. The van der Waals surface area contributed by atoms with Gasteiger partial charge in [-0.3, -0.25) is 4.79 Å². The number of rotatable bonds is 51. The lowest BCUT2D eigenvalue weighted by atomic mass is 10.0. The Morgan fingerprint density at radius 2 is 0.429 bits per heavy atom. The van der Waals surface area contributed by atoms with Gasteiger partial charge in [0.25, 0.3) is 0 Å². The van der Waals surface area contributed by atoms with Crippen LogP contribution in [0.3, 0.4) is 0 Å². The molecular formula is C54H106O2. The SMILES string of the molecule is C=COC(=O)CCCCCCCCCCCCCCCCCCCCCCCCCCCCCCCCCCCCCCCCCCCCCCCCCCC. The lowest BCUT2D eigenvalue weighted by molar-refractivity contribution is -0.138. The van der Waals surface area contributed by atoms with Crippen molar-refractivity contribution in [3.63, 3.8) is 0 Å². The lowest BCUT2D eigenvalue weighted by Gasteiger charge is -2.05. The van der Waals surface area contributed by atoms with E-state index in [0.717, 1.165) is 12.8 Å². The molecule has 0 aliphatic rings. The summed E-state index contributed by atoms with van der Waals surface area (Å²) in [5.74, 6) is -0.141. The molecule has 0 amide bonds. The van der Waals surface area contributed by atoms with Crippen LogP contribution in [-0.4, -0.2) is 5.97 Å². The summed E-state index contributed by atoms with van der Waals surface area (Å²) in [6.07, 6.45) is 72.6. The van der Waals surface area contributed by atoms with E-state index in [0.29, 0.717) is 6.42 Å². The normalized spacial score (nSPS) is 11.4. The molecule has 2 nitrogen and oxygen atoms in total. The first kappa shape index (κ1) is 55.2. The summed E-state index contributed by atoms with van der Waals surface area (Å²) >= 11 is 0. The van der Waals surface area contributed by atoms with E-state index in [2.05, 4.69) is 13.5 Å². The maximum absolute atomic E-state index is 11.3. The fraction of sp³-hybridized carbons (Fsp3) is 0.944. The molecule has 0 heterocycles. The number of esters is 1. The fourth-order valence-corrected chi connectivity index (χ4v) is 8.80. The Labute approximate surface area is 355 Å². The summed E-state index contributed by atoms with van der Waals surface area (Å²) in [4.78, 5) is 11.3. The van der Waals surface area contributed by atoms with E-state index in [9.17, 15) is 4.79 Å². The molecule has 0 bridgehead atoms. The third-order valence-corrected chi connectivity index (χ3v) is 12.7. The van der Waals surface area contributed by atoms with Crippen molar-refractivity contribution < 1.29 is 9.53 Å². The van der Waals surface area contributed by atoms with Gasteiger partial charge >= 0.3 is 5.97 Å². The fourth-order valence-electron chi connectivity index (χ4n) is 8.80. The molecule has 0 saturated carbocycles. The molecule has 2 heteroatoms. The van der Waals surface area contributed by atoms with Crippen molar-refractivity contribution in [2.75, 3.05) is 0 Å². The molecule has 0 radical (unpaired) electrons. The average molecular weight is 787 g/mol. The van der Waals surface area contributed by atoms with Crippen molar-refractivity contribution in [1.29, 1.82) is 0 Å². The van der Waals surface area contributed by atoms with E-state index in [1.807, 2.05) is 0 Å².